The van der Waals surface area contributed by atoms with Crippen molar-refractivity contribution in [3.8, 4) is 5.69 Å². The van der Waals surface area contributed by atoms with Crippen LogP contribution in [0.3, 0.4) is 0 Å². The van der Waals surface area contributed by atoms with Gasteiger partial charge in [-0.25, -0.2) is 9.97 Å². The Morgan fingerprint density at radius 2 is 2.08 bits per heavy atom. The van der Waals surface area contributed by atoms with Gasteiger partial charge in [-0.1, -0.05) is 17.8 Å². The first-order valence-electron chi connectivity index (χ1n) is 7.49. The molecule has 0 radical (unpaired) electrons. The van der Waals surface area contributed by atoms with Crippen LogP contribution in [0.4, 0.5) is 5.13 Å². The number of carbonyl (C=O) groups excluding carboxylic acids is 1. The maximum Gasteiger partial charge on any atom is 0.236 e. The molecule has 0 aliphatic carbocycles. The summed E-state index contributed by atoms with van der Waals surface area (Å²) in [5.74, 6) is 0.213. The van der Waals surface area contributed by atoms with Crippen LogP contribution in [0, 0.1) is 20.8 Å². The molecule has 2 aromatic heterocycles. The summed E-state index contributed by atoms with van der Waals surface area (Å²) in [5.41, 5.74) is 3.54. The zero-order chi connectivity index (χ0) is 17.1. The predicted molar refractivity (Wildman–Crippen MR) is 99.2 cm³/mol. The molecular weight excluding hydrogens is 340 g/mol. The van der Waals surface area contributed by atoms with Crippen molar-refractivity contribution in [1.29, 1.82) is 0 Å². The molecule has 0 aliphatic rings. The first-order chi connectivity index (χ1) is 11.5. The average molecular weight is 358 g/mol. The van der Waals surface area contributed by atoms with Gasteiger partial charge < -0.3 is 5.32 Å². The third kappa shape index (κ3) is 3.85. The number of anilines is 1. The van der Waals surface area contributed by atoms with Gasteiger partial charge in [0.1, 0.15) is 0 Å². The highest BCUT2D eigenvalue weighted by atomic mass is 32.2. The number of rotatable bonds is 5. The number of nitrogens with one attached hydrogen (secondary N) is 1. The van der Waals surface area contributed by atoms with E-state index >= 15 is 0 Å². The van der Waals surface area contributed by atoms with Gasteiger partial charge in [-0.3, -0.25) is 9.36 Å². The van der Waals surface area contributed by atoms with Crippen LogP contribution in [0.2, 0.25) is 0 Å². The second-order valence-electron chi connectivity index (χ2n) is 5.46. The fourth-order valence-corrected chi connectivity index (χ4v) is 3.62. The third-order valence-corrected chi connectivity index (χ3v) is 5.37. The number of thiazole rings is 1. The van der Waals surface area contributed by atoms with Gasteiger partial charge in [0.05, 0.1) is 5.75 Å². The van der Waals surface area contributed by atoms with E-state index in [1.807, 2.05) is 17.7 Å². The van der Waals surface area contributed by atoms with E-state index in [-0.39, 0.29) is 5.91 Å². The lowest BCUT2D eigenvalue weighted by Crippen LogP contribution is -2.14. The first kappa shape index (κ1) is 16.7. The highest BCUT2D eigenvalue weighted by Crippen LogP contribution is 2.23. The number of thioether (sulfide) groups is 1. The first-order valence-corrected chi connectivity index (χ1v) is 9.29. The van der Waals surface area contributed by atoms with Gasteiger partial charge in [0.2, 0.25) is 5.91 Å². The fraction of sp³-hybridized carbons (Fsp3) is 0.235. The molecule has 0 atom stereocenters. The Kier molecular flexibility index (Phi) is 5.01. The molecule has 0 spiro atoms. The van der Waals surface area contributed by atoms with Gasteiger partial charge in [0.25, 0.3) is 0 Å². The maximum atomic E-state index is 12.1. The second-order valence-corrected chi connectivity index (χ2v) is 7.64. The van der Waals surface area contributed by atoms with Crippen molar-refractivity contribution in [3.05, 3.63) is 52.8 Å². The van der Waals surface area contributed by atoms with Crippen molar-refractivity contribution in [2.24, 2.45) is 0 Å². The summed E-state index contributed by atoms with van der Waals surface area (Å²) in [6, 6.07) is 6.28. The van der Waals surface area contributed by atoms with Crippen LogP contribution in [0.1, 0.15) is 16.0 Å². The molecule has 2 heterocycles. The number of hydrogen-bond acceptors (Lipinski definition) is 5. The third-order valence-electron chi connectivity index (χ3n) is 3.58. The number of aromatic nitrogens is 3. The van der Waals surface area contributed by atoms with E-state index in [0.29, 0.717) is 10.9 Å². The molecule has 3 rings (SSSR count). The molecule has 24 heavy (non-hydrogen) atoms. The summed E-state index contributed by atoms with van der Waals surface area (Å²) in [7, 11) is 0. The number of imidazole rings is 1. The highest BCUT2D eigenvalue weighted by Gasteiger charge is 2.11. The standard InChI is InChI=1S/C17H18N4OS2/c1-11-4-5-14(8-12(11)2)21-7-6-18-17(21)23-10-15(22)20-16-19-9-13(3)24-16/h4-9H,10H2,1-3H3,(H,19,20,22). The summed E-state index contributed by atoms with van der Waals surface area (Å²) in [4.78, 5) is 21.6. The molecule has 0 fully saturated rings. The normalized spacial score (nSPS) is 10.8. The van der Waals surface area contributed by atoms with E-state index in [4.69, 9.17) is 0 Å². The van der Waals surface area contributed by atoms with Crippen LogP contribution in [-0.4, -0.2) is 26.2 Å². The van der Waals surface area contributed by atoms with E-state index in [1.54, 1.807) is 12.4 Å². The Labute approximate surface area is 149 Å². The number of hydrogen-bond donors (Lipinski definition) is 1. The summed E-state index contributed by atoms with van der Waals surface area (Å²) >= 11 is 2.88. The van der Waals surface area contributed by atoms with Crippen molar-refractivity contribution in [2.75, 3.05) is 11.1 Å². The molecule has 124 valence electrons. The lowest BCUT2D eigenvalue weighted by molar-refractivity contribution is -0.113. The number of nitrogens with zero attached hydrogens (tertiary/aromatic N) is 3. The molecule has 0 unspecified atom stereocenters. The minimum absolute atomic E-state index is 0.0796. The molecule has 1 amide bonds. The quantitative estimate of drug-likeness (QED) is 0.701. The van der Waals surface area contributed by atoms with Crippen molar-refractivity contribution in [2.45, 2.75) is 25.9 Å². The Hall–Kier alpha value is -2.12. The van der Waals surface area contributed by atoms with Crippen molar-refractivity contribution in [3.63, 3.8) is 0 Å². The van der Waals surface area contributed by atoms with E-state index < -0.39 is 0 Å². The summed E-state index contributed by atoms with van der Waals surface area (Å²) in [6.07, 6.45) is 5.41. The van der Waals surface area contributed by atoms with Gasteiger partial charge in [0, 0.05) is 29.2 Å². The molecule has 7 heteroatoms. The van der Waals surface area contributed by atoms with Crippen molar-refractivity contribution < 1.29 is 4.79 Å². The van der Waals surface area contributed by atoms with Gasteiger partial charge >= 0.3 is 0 Å². The number of amides is 1. The predicted octanol–water partition coefficient (Wildman–Crippen LogP) is 3.98. The van der Waals surface area contributed by atoms with Crippen LogP contribution in [0.15, 0.2) is 41.9 Å². The van der Waals surface area contributed by atoms with Gasteiger partial charge in [-0.15, -0.1) is 11.3 Å². The largest absolute Gasteiger partial charge is 0.301 e. The molecule has 1 N–H and O–H groups in total. The zero-order valence-electron chi connectivity index (χ0n) is 13.7. The lowest BCUT2D eigenvalue weighted by atomic mass is 10.1. The summed E-state index contributed by atoms with van der Waals surface area (Å²) in [6.45, 7) is 6.14. The average Bonchev–Trinajstić information content (AvgIpc) is 3.17. The minimum Gasteiger partial charge on any atom is -0.301 e. The van der Waals surface area contributed by atoms with Crippen molar-refractivity contribution in [1.82, 2.24) is 14.5 Å². The van der Waals surface area contributed by atoms with Gasteiger partial charge in [-0.2, -0.15) is 0 Å². The van der Waals surface area contributed by atoms with Gasteiger partial charge in [-0.05, 0) is 44.0 Å². The van der Waals surface area contributed by atoms with E-state index in [2.05, 4.69) is 47.3 Å². The van der Waals surface area contributed by atoms with Crippen LogP contribution in [0.5, 0.6) is 0 Å². The summed E-state index contributed by atoms with van der Waals surface area (Å²) in [5, 5.41) is 4.24. The molecule has 3 aromatic rings. The minimum atomic E-state index is -0.0796. The van der Waals surface area contributed by atoms with Crippen LogP contribution in [-0.2, 0) is 4.79 Å². The molecule has 0 aliphatic heterocycles. The zero-order valence-corrected chi connectivity index (χ0v) is 15.4. The fourth-order valence-electron chi connectivity index (χ4n) is 2.17. The van der Waals surface area contributed by atoms with Crippen LogP contribution >= 0.6 is 23.1 Å². The Balaban J connectivity index is 1.67. The molecule has 0 bridgehead atoms. The molecular formula is C17H18N4OS2. The Morgan fingerprint density at radius 1 is 1.25 bits per heavy atom. The smallest absolute Gasteiger partial charge is 0.236 e. The number of carbonyl (C=O) groups is 1. The van der Waals surface area contributed by atoms with E-state index in [0.717, 1.165) is 15.7 Å². The van der Waals surface area contributed by atoms with Crippen LogP contribution < -0.4 is 5.32 Å². The molecule has 5 nitrogen and oxygen atoms in total. The Bertz CT molecular complexity index is 869. The molecule has 0 saturated heterocycles. The second kappa shape index (κ2) is 7.19. The number of aryl methyl sites for hydroxylation is 3. The highest BCUT2D eigenvalue weighted by molar-refractivity contribution is 7.99. The lowest BCUT2D eigenvalue weighted by Gasteiger charge is -2.09. The topological polar surface area (TPSA) is 59.8 Å². The summed E-state index contributed by atoms with van der Waals surface area (Å²) < 4.78 is 2.00. The van der Waals surface area contributed by atoms with E-state index in [1.165, 1.54) is 34.2 Å². The maximum absolute atomic E-state index is 12.1. The van der Waals surface area contributed by atoms with Crippen LogP contribution in [0.25, 0.3) is 5.69 Å². The number of benzene rings is 1. The SMILES string of the molecule is Cc1cnc(NC(=O)CSc2nccn2-c2ccc(C)c(C)c2)s1. The molecule has 1 aromatic carbocycles. The monoisotopic (exact) mass is 358 g/mol. The van der Waals surface area contributed by atoms with Crippen molar-refractivity contribution >= 4 is 34.1 Å². The Morgan fingerprint density at radius 3 is 2.79 bits per heavy atom. The van der Waals surface area contributed by atoms with E-state index in [9.17, 15) is 4.79 Å². The van der Waals surface area contributed by atoms with Gasteiger partial charge in [0.15, 0.2) is 10.3 Å². The molecule has 0 saturated carbocycles.